The number of esters is 1. The molecule has 2 unspecified atom stereocenters. The van der Waals surface area contributed by atoms with Crippen molar-refractivity contribution in [3.05, 3.63) is 63.3 Å². The molecule has 244 valence electrons. The van der Waals surface area contributed by atoms with E-state index in [4.69, 9.17) is 46.7 Å². The lowest BCUT2D eigenvalue weighted by Crippen LogP contribution is -2.62. The second-order valence-corrected chi connectivity index (χ2v) is 12.6. The summed E-state index contributed by atoms with van der Waals surface area (Å²) in [5.41, 5.74) is 1.50. The Hall–Kier alpha value is -3.63. The number of ether oxygens (including phenoxy) is 9. The van der Waals surface area contributed by atoms with Gasteiger partial charge in [0.1, 0.15) is 24.4 Å². The van der Waals surface area contributed by atoms with Gasteiger partial charge >= 0.3 is 5.97 Å². The number of hydrogen-bond acceptors (Lipinski definition) is 14. The number of phenols is 1. The monoisotopic (exact) mass is 659 g/mol. The van der Waals surface area contributed by atoms with E-state index in [2.05, 4.69) is 0 Å². The van der Waals surface area contributed by atoms with Crippen LogP contribution in [0.3, 0.4) is 0 Å². The summed E-state index contributed by atoms with van der Waals surface area (Å²) in [6.45, 7) is -0.0342. The number of carbonyl (C=O) groups is 1. The van der Waals surface area contributed by atoms with Crippen LogP contribution in [-0.2, 0) is 28.5 Å². The van der Waals surface area contributed by atoms with Gasteiger partial charge in [-0.2, -0.15) is 0 Å². The van der Waals surface area contributed by atoms with Gasteiger partial charge in [0.05, 0.1) is 48.4 Å². The minimum atomic E-state index is -2.89. The fourth-order valence-electron chi connectivity index (χ4n) is 7.11. The Morgan fingerprint density at radius 3 is 2.50 bits per heavy atom. The second-order valence-electron chi connectivity index (χ2n) is 11.7. The lowest BCUT2D eigenvalue weighted by molar-refractivity contribution is -0.368. The maximum Gasteiger partial charge on any atom is 0.310 e. The first kappa shape index (κ1) is 26.4. The van der Waals surface area contributed by atoms with Crippen molar-refractivity contribution in [2.45, 2.75) is 49.0 Å². The topological polar surface area (TPSA) is 161 Å². The molecule has 14 heteroatoms. The number of hydrogen-bond donors (Lipinski definition) is 3. The molecule has 13 nitrogen and oxygen atoms in total. The highest BCUT2D eigenvalue weighted by molar-refractivity contribution is 7.10. The van der Waals surface area contributed by atoms with Crippen LogP contribution in [0.25, 0.3) is 0 Å². The fraction of sp³-hybridized carbons (Fsp3) is 0.469. The molecule has 1 aromatic heterocycles. The van der Waals surface area contributed by atoms with Gasteiger partial charge in [-0.1, -0.05) is 6.07 Å². The summed E-state index contributed by atoms with van der Waals surface area (Å²) < 4.78 is 74.8. The number of cyclic esters (lactones) is 1. The number of rotatable bonds is 6. The van der Waals surface area contributed by atoms with Gasteiger partial charge in [-0.25, -0.2) is 0 Å². The number of aliphatic hydroxyl groups excluding tert-OH is 2. The van der Waals surface area contributed by atoms with Crippen molar-refractivity contribution < 1.29 is 66.9 Å². The van der Waals surface area contributed by atoms with Crippen LogP contribution >= 0.6 is 11.3 Å². The lowest BCUT2D eigenvalue weighted by Gasteiger charge is -2.48. The molecule has 0 spiro atoms. The van der Waals surface area contributed by atoms with Crippen molar-refractivity contribution in [2.75, 3.05) is 34.2 Å². The summed E-state index contributed by atoms with van der Waals surface area (Å²) >= 11 is 1.44. The summed E-state index contributed by atoms with van der Waals surface area (Å²) in [4.78, 5) is 14.4. The molecule has 3 fully saturated rings. The predicted molar refractivity (Wildman–Crippen MR) is 156 cm³/mol. The van der Waals surface area contributed by atoms with E-state index in [0.29, 0.717) is 28.2 Å². The van der Waals surface area contributed by atoms with E-state index < -0.39 is 79.6 Å². The van der Waals surface area contributed by atoms with Crippen LogP contribution in [0.2, 0.25) is 0 Å². The predicted octanol–water partition coefficient (Wildman–Crippen LogP) is 2.75. The Balaban J connectivity index is 1.16. The van der Waals surface area contributed by atoms with E-state index in [1.165, 1.54) is 30.6 Å². The average Bonchev–Trinajstić information content (AvgIpc) is 3.85. The molecule has 8 rings (SSSR count). The van der Waals surface area contributed by atoms with Crippen LogP contribution in [0.1, 0.15) is 44.0 Å². The molecule has 2 aromatic carbocycles. The molecule has 0 saturated carbocycles. The number of aromatic hydroxyl groups is 1. The number of benzene rings is 2. The molecule has 46 heavy (non-hydrogen) atoms. The van der Waals surface area contributed by atoms with Crippen molar-refractivity contribution in [2.24, 2.45) is 11.8 Å². The SMILES string of the molecule is [2H]C([2H])([2H])Oc1cc([C@@H]2c3cc4c(cc3C(O[C@@H]3O[C@@H]5CO[C@@H](c6cccs6)O[C@H]5[C@H](O)[C@H]3O)C3COC(=O)[C@@H]32)OCO4)cc(OC)c1O. The Bertz CT molecular complexity index is 1730. The van der Waals surface area contributed by atoms with Gasteiger partial charge in [0.15, 0.2) is 35.6 Å². The van der Waals surface area contributed by atoms with Crippen molar-refractivity contribution in [1.29, 1.82) is 0 Å². The second kappa shape index (κ2) is 11.6. The van der Waals surface area contributed by atoms with E-state index in [-0.39, 0.29) is 31.5 Å². The Morgan fingerprint density at radius 1 is 0.978 bits per heavy atom. The maximum absolute atomic E-state index is 13.6. The molecular weight excluding hydrogens is 624 g/mol. The molecule has 5 heterocycles. The van der Waals surface area contributed by atoms with Gasteiger partial charge < -0.3 is 58.0 Å². The molecule has 0 amide bonds. The van der Waals surface area contributed by atoms with Crippen LogP contribution in [0.5, 0.6) is 28.7 Å². The third-order valence-corrected chi connectivity index (χ3v) is 10.2. The minimum absolute atomic E-state index is 0.0426. The third kappa shape index (κ3) is 4.70. The molecule has 10 atom stereocenters. The third-order valence-electron chi connectivity index (χ3n) is 9.26. The number of thiophene rings is 1. The lowest BCUT2D eigenvalue weighted by atomic mass is 9.66. The Kier molecular flexibility index (Phi) is 6.64. The van der Waals surface area contributed by atoms with Gasteiger partial charge in [0, 0.05) is 11.8 Å². The van der Waals surface area contributed by atoms with Crippen LogP contribution in [-0.4, -0.2) is 86.1 Å². The zero-order chi connectivity index (χ0) is 34.2. The number of aliphatic hydroxyl groups is 2. The molecule has 3 N–H and O–H groups in total. The molecule has 0 bridgehead atoms. The summed E-state index contributed by atoms with van der Waals surface area (Å²) in [7, 11) is -1.59. The van der Waals surface area contributed by atoms with Gasteiger partial charge in [-0.05, 0) is 52.4 Å². The minimum Gasteiger partial charge on any atom is -0.502 e. The highest BCUT2D eigenvalue weighted by Gasteiger charge is 2.56. The maximum atomic E-state index is 13.6. The normalized spacial score (nSPS) is 35.5. The van der Waals surface area contributed by atoms with Crippen LogP contribution in [0.4, 0.5) is 0 Å². The summed E-state index contributed by atoms with van der Waals surface area (Å²) in [5.74, 6) is -2.99. The van der Waals surface area contributed by atoms with Crippen molar-refractivity contribution in [3.8, 4) is 28.7 Å². The number of methoxy groups -OCH3 is 2. The quantitative estimate of drug-likeness (QED) is 0.332. The average molecular weight is 660 g/mol. The smallest absolute Gasteiger partial charge is 0.310 e. The van der Waals surface area contributed by atoms with Crippen LogP contribution in [0, 0.1) is 11.8 Å². The van der Waals surface area contributed by atoms with E-state index in [0.717, 1.165) is 4.88 Å². The number of phenolic OH excluding ortho intramolecular Hbond substituents is 1. The summed E-state index contributed by atoms with van der Waals surface area (Å²) in [5, 5.41) is 35.1. The summed E-state index contributed by atoms with van der Waals surface area (Å²) in [6.07, 6.45) is -7.58. The van der Waals surface area contributed by atoms with Crippen molar-refractivity contribution in [3.63, 3.8) is 0 Å². The molecule has 5 aliphatic rings. The zero-order valence-electron chi connectivity index (χ0n) is 27.3. The fourth-order valence-corrected chi connectivity index (χ4v) is 7.81. The first-order chi connectivity index (χ1) is 23.5. The van der Waals surface area contributed by atoms with E-state index in [1.54, 1.807) is 12.1 Å². The van der Waals surface area contributed by atoms with Gasteiger partial charge in [-0.3, -0.25) is 4.79 Å². The van der Waals surface area contributed by atoms with Crippen LogP contribution in [0.15, 0.2) is 41.8 Å². The van der Waals surface area contributed by atoms with Crippen molar-refractivity contribution >= 4 is 17.3 Å². The van der Waals surface area contributed by atoms with Gasteiger partial charge in [0.2, 0.25) is 12.5 Å². The number of fused-ring (bicyclic) bond motifs is 4. The summed E-state index contributed by atoms with van der Waals surface area (Å²) in [6, 6.07) is 9.99. The first-order valence-electron chi connectivity index (χ1n) is 16.2. The van der Waals surface area contributed by atoms with E-state index in [1.807, 2.05) is 17.5 Å². The van der Waals surface area contributed by atoms with Crippen LogP contribution < -0.4 is 18.9 Å². The number of carbonyl (C=O) groups excluding carboxylic acids is 1. The van der Waals surface area contributed by atoms with Gasteiger partial charge in [0.25, 0.3) is 0 Å². The Labute approximate surface area is 271 Å². The molecule has 3 saturated heterocycles. The van der Waals surface area contributed by atoms with Gasteiger partial charge in [-0.15, -0.1) is 11.3 Å². The highest BCUT2D eigenvalue weighted by Crippen LogP contribution is 2.57. The largest absolute Gasteiger partial charge is 0.502 e. The van der Waals surface area contributed by atoms with E-state index >= 15 is 0 Å². The standard InChI is InChI=1S/C32H32O13S/c1-37-19-6-13(7-20(38-2)25(19)33)23-14-8-17-18(42-12-41-17)9-15(14)28(16-10-39-30(36)24(16)23)44-32-27(35)26(34)29-21(43-32)11-40-31(45-29)22-4-3-5-46-22/h3-9,16,21,23-24,26-29,31-35H,10-12H2,1-2H3/t16?,21-,23-,24+,26-,27-,28?,29-,31-,32+/m1/s1/i1D3. The molecule has 1 aliphatic carbocycles. The highest BCUT2D eigenvalue weighted by atomic mass is 32.1. The molecular formula is C32H32O13S. The Morgan fingerprint density at radius 2 is 1.76 bits per heavy atom. The van der Waals surface area contributed by atoms with E-state index in [9.17, 15) is 20.1 Å². The molecule has 3 aromatic rings. The molecule has 4 aliphatic heterocycles. The van der Waals surface area contributed by atoms with Crippen molar-refractivity contribution in [1.82, 2.24) is 0 Å². The first-order valence-corrected chi connectivity index (χ1v) is 15.6. The zero-order valence-corrected chi connectivity index (χ0v) is 25.1. The molecule has 0 radical (unpaired) electrons.